The molecule has 0 saturated carbocycles. The number of thiocarbonyl (C=S) groups is 1. The summed E-state index contributed by atoms with van der Waals surface area (Å²) >= 11 is 6.78. The number of carbonyl (C=O) groups excluding carboxylic acids is 1. The van der Waals surface area contributed by atoms with E-state index >= 15 is 0 Å². The highest BCUT2D eigenvalue weighted by molar-refractivity contribution is 8.27. The van der Waals surface area contributed by atoms with Crippen molar-refractivity contribution in [1.29, 1.82) is 0 Å². The molecule has 3 rings (SSSR count). The second kappa shape index (κ2) is 6.57. The molecule has 124 valence electrons. The van der Waals surface area contributed by atoms with Gasteiger partial charge in [-0.05, 0) is 57.5 Å². The van der Waals surface area contributed by atoms with Crippen LogP contribution in [0, 0.1) is 13.8 Å². The van der Waals surface area contributed by atoms with Crippen LogP contribution < -0.4 is 4.90 Å². The van der Waals surface area contributed by atoms with Crippen molar-refractivity contribution in [3.63, 3.8) is 0 Å². The summed E-state index contributed by atoms with van der Waals surface area (Å²) in [5, 5.41) is 0. The van der Waals surface area contributed by atoms with E-state index in [1.807, 2.05) is 36.4 Å². The molecule has 0 atom stereocenters. The van der Waals surface area contributed by atoms with Crippen molar-refractivity contribution in [3.05, 3.63) is 58.3 Å². The summed E-state index contributed by atoms with van der Waals surface area (Å²) < 4.78 is 2.86. The van der Waals surface area contributed by atoms with Gasteiger partial charge in [0.1, 0.15) is 0 Å². The van der Waals surface area contributed by atoms with E-state index in [9.17, 15) is 4.79 Å². The minimum atomic E-state index is -0.0504. The number of nitrogens with zero attached hydrogens (tertiary/aromatic N) is 2. The lowest BCUT2D eigenvalue weighted by molar-refractivity contribution is -0.113. The van der Waals surface area contributed by atoms with E-state index in [1.54, 1.807) is 4.90 Å². The predicted octanol–water partition coefficient (Wildman–Crippen LogP) is 5.09. The third-order valence-electron chi connectivity index (χ3n) is 4.13. The SMILES string of the molecule is Cc1cc(/C=C2\SC(=S)N(c3ccccc3)C2=O)c(C)n1C(C)C. The van der Waals surface area contributed by atoms with Crippen LogP contribution in [0.3, 0.4) is 0 Å². The van der Waals surface area contributed by atoms with Crippen molar-refractivity contribution in [2.24, 2.45) is 0 Å². The van der Waals surface area contributed by atoms with Gasteiger partial charge < -0.3 is 4.57 Å². The summed E-state index contributed by atoms with van der Waals surface area (Å²) in [7, 11) is 0. The number of para-hydroxylation sites is 1. The van der Waals surface area contributed by atoms with Gasteiger partial charge in [-0.15, -0.1) is 0 Å². The molecule has 3 nitrogen and oxygen atoms in total. The zero-order valence-corrected chi connectivity index (χ0v) is 15.9. The molecule has 0 radical (unpaired) electrons. The van der Waals surface area contributed by atoms with Gasteiger partial charge in [0.25, 0.3) is 5.91 Å². The van der Waals surface area contributed by atoms with Crippen LogP contribution in [0.4, 0.5) is 5.69 Å². The van der Waals surface area contributed by atoms with E-state index < -0.39 is 0 Å². The first-order valence-electron chi connectivity index (χ1n) is 7.91. The van der Waals surface area contributed by atoms with Crippen molar-refractivity contribution >= 4 is 46.0 Å². The number of anilines is 1. The van der Waals surface area contributed by atoms with Gasteiger partial charge in [-0.1, -0.05) is 42.2 Å². The van der Waals surface area contributed by atoms with Gasteiger partial charge >= 0.3 is 0 Å². The molecule has 0 aliphatic carbocycles. The van der Waals surface area contributed by atoms with Crippen LogP contribution in [0.2, 0.25) is 0 Å². The third kappa shape index (κ3) is 2.94. The molecule has 1 saturated heterocycles. The van der Waals surface area contributed by atoms with Crippen LogP contribution in [0.15, 0.2) is 41.3 Å². The summed E-state index contributed by atoms with van der Waals surface area (Å²) in [6, 6.07) is 12.1. The molecule has 0 spiro atoms. The molecule has 1 aliphatic rings. The minimum absolute atomic E-state index is 0.0504. The van der Waals surface area contributed by atoms with Gasteiger partial charge in [-0.3, -0.25) is 9.69 Å². The fourth-order valence-corrected chi connectivity index (χ4v) is 4.44. The maximum atomic E-state index is 12.8. The summed E-state index contributed by atoms with van der Waals surface area (Å²) in [5.74, 6) is -0.0504. The second-order valence-corrected chi connectivity index (χ2v) is 7.82. The van der Waals surface area contributed by atoms with E-state index in [1.165, 1.54) is 23.1 Å². The molecule has 1 aromatic carbocycles. The average Bonchev–Trinajstić information content (AvgIpc) is 2.96. The fourth-order valence-electron chi connectivity index (χ4n) is 3.15. The Bertz CT molecular complexity index is 835. The van der Waals surface area contributed by atoms with Crippen molar-refractivity contribution in [2.75, 3.05) is 4.90 Å². The lowest BCUT2D eigenvalue weighted by atomic mass is 10.2. The Kier molecular flexibility index (Phi) is 4.65. The number of aryl methyl sites for hydroxylation is 1. The zero-order valence-electron chi connectivity index (χ0n) is 14.2. The maximum absolute atomic E-state index is 12.8. The number of carbonyl (C=O) groups is 1. The molecule has 24 heavy (non-hydrogen) atoms. The highest BCUT2D eigenvalue weighted by atomic mass is 32.2. The van der Waals surface area contributed by atoms with Gasteiger partial charge in [-0.25, -0.2) is 0 Å². The highest BCUT2D eigenvalue weighted by Crippen LogP contribution is 2.36. The predicted molar refractivity (Wildman–Crippen MR) is 106 cm³/mol. The van der Waals surface area contributed by atoms with Crippen LogP contribution >= 0.6 is 24.0 Å². The third-order valence-corrected chi connectivity index (χ3v) is 5.44. The summed E-state index contributed by atoms with van der Waals surface area (Å²) in [6.45, 7) is 8.52. The van der Waals surface area contributed by atoms with E-state index in [0.29, 0.717) is 15.3 Å². The van der Waals surface area contributed by atoms with Crippen LogP contribution in [0.5, 0.6) is 0 Å². The zero-order chi connectivity index (χ0) is 17.4. The Morgan fingerprint density at radius 2 is 1.83 bits per heavy atom. The van der Waals surface area contributed by atoms with Gasteiger partial charge in [0.15, 0.2) is 4.32 Å². The molecule has 1 aliphatic heterocycles. The van der Waals surface area contributed by atoms with Crippen molar-refractivity contribution in [1.82, 2.24) is 4.57 Å². The number of hydrogen-bond acceptors (Lipinski definition) is 3. The first-order valence-corrected chi connectivity index (χ1v) is 9.14. The number of amides is 1. The van der Waals surface area contributed by atoms with E-state index in [-0.39, 0.29) is 5.91 Å². The Balaban J connectivity index is 1.97. The highest BCUT2D eigenvalue weighted by Gasteiger charge is 2.33. The summed E-state index contributed by atoms with van der Waals surface area (Å²) in [6.07, 6.45) is 1.96. The molecule has 1 amide bonds. The normalized spacial score (nSPS) is 16.7. The molecular formula is C19H20N2OS2. The lowest BCUT2D eigenvalue weighted by Crippen LogP contribution is -2.27. The van der Waals surface area contributed by atoms with Crippen LogP contribution in [0.25, 0.3) is 6.08 Å². The van der Waals surface area contributed by atoms with Crippen molar-refractivity contribution in [2.45, 2.75) is 33.7 Å². The molecule has 2 aromatic rings. The molecule has 0 bridgehead atoms. The Labute approximate surface area is 152 Å². The molecule has 1 aromatic heterocycles. The van der Waals surface area contributed by atoms with Gasteiger partial charge in [0.05, 0.1) is 10.6 Å². The molecule has 5 heteroatoms. The first kappa shape index (κ1) is 17.0. The Morgan fingerprint density at radius 1 is 1.17 bits per heavy atom. The van der Waals surface area contributed by atoms with Crippen molar-refractivity contribution < 1.29 is 4.79 Å². The smallest absolute Gasteiger partial charge is 0.270 e. The second-order valence-electron chi connectivity index (χ2n) is 6.14. The number of rotatable bonds is 3. The Hall–Kier alpha value is -1.85. The van der Waals surface area contributed by atoms with Crippen molar-refractivity contribution in [3.8, 4) is 0 Å². The summed E-state index contributed by atoms with van der Waals surface area (Å²) in [4.78, 5) is 15.1. The number of thioether (sulfide) groups is 1. The molecule has 0 N–H and O–H groups in total. The molecule has 0 unspecified atom stereocenters. The monoisotopic (exact) mass is 356 g/mol. The Morgan fingerprint density at radius 3 is 2.42 bits per heavy atom. The lowest BCUT2D eigenvalue weighted by Gasteiger charge is -2.14. The molecule has 1 fully saturated rings. The fraction of sp³-hybridized carbons (Fsp3) is 0.263. The molecule has 2 heterocycles. The minimum Gasteiger partial charge on any atom is -0.346 e. The van der Waals surface area contributed by atoms with E-state index in [2.05, 4.69) is 38.3 Å². The topological polar surface area (TPSA) is 25.2 Å². The van der Waals surface area contributed by atoms with Gasteiger partial charge in [0.2, 0.25) is 0 Å². The first-order chi connectivity index (χ1) is 11.4. The largest absolute Gasteiger partial charge is 0.346 e. The maximum Gasteiger partial charge on any atom is 0.270 e. The average molecular weight is 357 g/mol. The van der Waals surface area contributed by atoms with E-state index in [4.69, 9.17) is 12.2 Å². The van der Waals surface area contributed by atoms with Crippen LogP contribution in [-0.4, -0.2) is 14.8 Å². The standard InChI is InChI=1S/C19H20N2OS2/c1-12(2)20-13(3)10-15(14(20)4)11-17-18(22)21(19(23)24-17)16-8-6-5-7-9-16/h5-12H,1-4H3/b17-11-. The van der Waals surface area contributed by atoms with Gasteiger partial charge in [0, 0.05) is 17.4 Å². The van der Waals surface area contributed by atoms with Crippen LogP contribution in [0.1, 0.15) is 36.8 Å². The van der Waals surface area contributed by atoms with Gasteiger partial charge in [-0.2, -0.15) is 0 Å². The number of benzene rings is 1. The molecular weight excluding hydrogens is 336 g/mol. The van der Waals surface area contributed by atoms with Crippen LogP contribution in [-0.2, 0) is 4.79 Å². The number of aromatic nitrogens is 1. The quantitative estimate of drug-likeness (QED) is 0.566. The number of hydrogen-bond donors (Lipinski definition) is 0. The summed E-state index contributed by atoms with van der Waals surface area (Å²) in [5.41, 5.74) is 4.27. The van der Waals surface area contributed by atoms with E-state index in [0.717, 1.165) is 11.3 Å².